The number of hydrogen-bond donors (Lipinski definition) is 5. The van der Waals surface area contributed by atoms with Crippen molar-refractivity contribution in [2.75, 3.05) is 20.1 Å². The summed E-state index contributed by atoms with van der Waals surface area (Å²) in [6.45, 7) is -0.341. The first-order valence-corrected chi connectivity index (χ1v) is 8.57. The second-order valence-corrected chi connectivity index (χ2v) is 6.04. The summed E-state index contributed by atoms with van der Waals surface area (Å²) in [4.78, 5) is 59.8. The summed E-state index contributed by atoms with van der Waals surface area (Å²) in [5.74, 6) is -4.52. The minimum Gasteiger partial charge on any atom is -0.481 e. The zero-order valence-electron chi connectivity index (χ0n) is 15.8. The summed E-state index contributed by atoms with van der Waals surface area (Å²) in [5, 5.41) is 34.2. The van der Waals surface area contributed by atoms with Gasteiger partial charge in [0.2, 0.25) is 5.91 Å². The van der Waals surface area contributed by atoms with E-state index in [4.69, 9.17) is 20.9 Å². The number of nitrogens with zero attached hydrogens (tertiary/aromatic N) is 4. The maximum absolute atomic E-state index is 12.0. The van der Waals surface area contributed by atoms with E-state index in [1.807, 2.05) is 0 Å². The molecule has 0 aromatic heterocycles. The molecule has 0 rings (SSSR count). The lowest BCUT2D eigenvalue weighted by atomic mass is 10.1. The van der Waals surface area contributed by atoms with Crippen molar-refractivity contribution < 1.29 is 39.3 Å². The summed E-state index contributed by atoms with van der Waals surface area (Å²) >= 11 is 0. The van der Waals surface area contributed by atoms with Gasteiger partial charge in [-0.3, -0.25) is 9.59 Å². The van der Waals surface area contributed by atoms with Crippen LogP contribution in [0.5, 0.6) is 0 Å². The monoisotopic (exact) mass is 416 g/mol. The van der Waals surface area contributed by atoms with E-state index in [0.717, 1.165) is 0 Å². The molecule has 14 heteroatoms. The van der Waals surface area contributed by atoms with Gasteiger partial charge in [-0.1, -0.05) is 5.11 Å². The molecule has 2 atom stereocenters. The largest absolute Gasteiger partial charge is 0.481 e. The maximum atomic E-state index is 12.0. The molecule has 0 fully saturated rings. The average molecular weight is 416 g/mol. The molecule has 0 aromatic rings. The standard InChI is InChI=1S/C15H24N6O8/c1-21(15(29)19-10(14(27)28)5-6-12(23)24)7-3-2-4-9(13(25)26)18-11(22)8-17-20-16/h9-10H,2-8H2,1H3,(H,18,22)(H,19,29)(H,23,24)(H,25,26)(H,27,28)/t9-,10-/m0/s1. The molecule has 0 bridgehead atoms. The predicted molar refractivity (Wildman–Crippen MR) is 96.9 cm³/mol. The van der Waals surface area contributed by atoms with E-state index >= 15 is 0 Å². The van der Waals surface area contributed by atoms with Crippen LogP contribution in [0.25, 0.3) is 10.4 Å². The molecule has 0 aromatic carbocycles. The summed E-state index contributed by atoms with van der Waals surface area (Å²) in [5.41, 5.74) is 8.13. The van der Waals surface area contributed by atoms with E-state index in [0.29, 0.717) is 12.8 Å². The molecule has 14 nitrogen and oxygen atoms in total. The van der Waals surface area contributed by atoms with Crippen LogP contribution in [0.3, 0.4) is 0 Å². The van der Waals surface area contributed by atoms with Crippen LogP contribution in [-0.2, 0) is 19.2 Å². The number of amides is 3. The van der Waals surface area contributed by atoms with Crippen LogP contribution in [-0.4, -0.2) is 82.3 Å². The zero-order chi connectivity index (χ0) is 22.4. The van der Waals surface area contributed by atoms with E-state index in [1.54, 1.807) is 0 Å². The molecule has 162 valence electrons. The zero-order valence-corrected chi connectivity index (χ0v) is 15.8. The maximum Gasteiger partial charge on any atom is 0.326 e. The summed E-state index contributed by atoms with van der Waals surface area (Å²) in [6, 6.07) is -3.23. The molecule has 5 N–H and O–H groups in total. The second kappa shape index (κ2) is 13.6. The molecular weight excluding hydrogens is 392 g/mol. The number of carboxylic acids is 3. The molecule has 0 saturated heterocycles. The topological polar surface area (TPSA) is 222 Å². The average Bonchev–Trinajstić information content (AvgIpc) is 2.64. The fraction of sp³-hybridized carbons (Fsp3) is 0.667. The number of carboxylic acid groups (broad SMARTS) is 3. The van der Waals surface area contributed by atoms with Crippen molar-refractivity contribution >= 4 is 29.8 Å². The number of rotatable bonds is 14. The van der Waals surface area contributed by atoms with Gasteiger partial charge in [0.1, 0.15) is 18.6 Å². The van der Waals surface area contributed by atoms with Crippen molar-refractivity contribution in [2.24, 2.45) is 5.11 Å². The number of urea groups is 1. The van der Waals surface area contributed by atoms with Gasteiger partial charge in [0, 0.05) is 24.9 Å². The summed E-state index contributed by atoms with van der Waals surface area (Å²) in [7, 11) is 1.40. The predicted octanol–water partition coefficient (Wildman–Crippen LogP) is -0.00420. The quantitative estimate of drug-likeness (QED) is 0.112. The second-order valence-electron chi connectivity index (χ2n) is 6.04. The van der Waals surface area contributed by atoms with Crippen LogP contribution in [0.15, 0.2) is 5.11 Å². The highest BCUT2D eigenvalue weighted by molar-refractivity contribution is 5.84. The van der Waals surface area contributed by atoms with E-state index < -0.39 is 54.9 Å². The lowest BCUT2D eigenvalue weighted by molar-refractivity contribution is -0.142. The van der Waals surface area contributed by atoms with E-state index in [2.05, 4.69) is 20.7 Å². The van der Waals surface area contributed by atoms with E-state index in [-0.39, 0.29) is 19.4 Å². The van der Waals surface area contributed by atoms with Gasteiger partial charge in [-0.05, 0) is 31.2 Å². The van der Waals surface area contributed by atoms with Gasteiger partial charge in [-0.2, -0.15) is 0 Å². The molecule has 0 heterocycles. The molecule has 29 heavy (non-hydrogen) atoms. The first kappa shape index (κ1) is 25.5. The first-order valence-electron chi connectivity index (χ1n) is 8.57. The Morgan fingerprint density at radius 3 is 2.10 bits per heavy atom. The SMILES string of the molecule is CN(CCCC[C@H](NC(=O)CN=[N+]=[N-])C(=O)O)C(=O)N[C@@H](CCC(=O)O)C(=O)O. The molecule has 0 saturated carbocycles. The van der Waals surface area contributed by atoms with Crippen LogP contribution in [0.2, 0.25) is 0 Å². The lowest BCUT2D eigenvalue weighted by Crippen LogP contribution is -2.47. The van der Waals surface area contributed by atoms with Crippen molar-refractivity contribution in [3.05, 3.63) is 10.4 Å². The fourth-order valence-electron chi connectivity index (χ4n) is 2.18. The minimum atomic E-state index is -1.35. The molecule has 0 spiro atoms. The highest BCUT2D eigenvalue weighted by atomic mass is 16.4. The molecule has 0 aliphatic rings. The number of carbonyl (C=O) groups is 5. The first-order chi connectivity index (χ1) is 13.6. The third kappa shape index (κ3) is 11.7. The number of azide groups is 1. The van der Waals surface area contributed by atoms with Crippen molar-refractivity contribution in [1.82, 2.24) is 15.5 Å². The summed E-state index contributed by atoms with van der Waals surface area (Å²) < 4.78 is 0. The van der Waals surface area contributed by atoms with E-state index in [9.17, 15) is 24.0 Å². The Morgan fingerprint density at radius 2 is 1.59 bits per heavy atom. The van der Waals surface area contributed by atoms with Gasteiger partial charge in [-0.15, -0.1) is 0 Å². The smallest absolute Gasteiger partial charge is 0.326 e. The van der Waals surface area contributed by atoms with Gasteiger partial charge in [-0.25, -0.2) is 14.4 Å². The number of aliphatic carboxylic acids is 3. The number of unbranched alkanes of at least 4 members (excludes halogenated alkanes) is 1. The highest BCUT2D eigenvalue weighted by Crippen LogP contribution is 2.04. The Balaban J connectivity index is 4.40. The van der Waals surface area contributed by atoms with Crippen LogP contribution in [0, 0.1) is 0 Å². The molecule has 3 amide bonds. The number of carbonyl (C=O) groups excluding carboxylic acids is 2. The van der Waals surface area contributed by atoms with Crippen molar-refractivity contribution in [3.63, 3.8) is 0 Å². The third-order valence-corrected chi connectivity index (χ3v) is 3.74. The van der Waals surface area contributed by atoms with Crippen LogP contribution >= 0.6 is 0 Å². The van der Waals surface area contributed by atoms with Crippen molar-refractivity contribution in [1.29, 1.82) is 0 Å². The minimum absolute atomic E-state index is 0.0726. The Hall–Kier alpha value is -3.54. The summed E-state index contributed by atoms with van der Waals surface area (Å²) in [6.07, 6.45) is 0.0940. The number of nitrogens with one attached hydrogen (secondary N) is 2. The van der Waals surface area contributed by atoms with Crippen LogP contribution < -0.4 is 10.6 Å². The van der Waals surface area contributed by atoms with Gasteiger partial charge >= 0.3 is 23.9 Å². The Kier molecular flexibility index (Phi) is 11.9. The van der Waals surface area contributed by atoms with Crippen molar-refractivity contribution in [2.45, 2.75) is 44.2 Å². The van der Waals surface area contributed by atoms with E-state index in [1.165, 1.54) is 11.9 Å². The lowest BCUT2D eigenvalue weighted by Gasteiger charge is -2.21. The molecule has 0 radical (unpaired) electrons. The number of hydrogen-bond acceptors (Lipinski definition) is 6. The third-order valence-electron chi connectivity index (χ3n) is 3.74. The van der Waals surface area contributed by atoms with Gasteiger partial charge in [0.15, 0.2) is 0 Å². The van der Waals surface area contributed by atoms with Gasteiger partial charge in [0.05, 0.1) is 0 Å². The normalized spacial score (nSPS) is 12.0. The van der Waals surface area contributed by atoms with Crippen LogP contribution in [0.4, 0.5) is 4.79 Å². The molecular formula is C15H24N6O8. The van der Waals surface area contributed by atoms with Crippen molar-refractivity contribution in [3.8, 4) is 0 Å². The molecule has 0 aliphatic heterocycles. The fourth-order valence-corrected chi connectivity index (χ4v) is 2.18. The molecule has 0 unspecified atom stereocenters. The highest BCUT2D eigenvalue weighted by Gasteiger charge is 2.23. The van der Waals surface area contributed by atoms with Gasteiger partial charge in [0.25, 0.3) is 0 Å². The Labute approximate surface area is 165 Å². The van der Waals surface area contributed by atoms with Gasteiger partial charge < -0.3 is 30.9 Å². The van der Waals surface area contributed by atoms with Crippen LogP contribution in [0.1, 0.15) is 32.1 Å². The Bertz CT molecular complexity index is 663. The Morgan fingerprint density at radius 1 is 1.00 bits per heavy atom. The molecule has 0 aliphatic carbocycles.